The normalized spacial score (nSPS) is 19.2. The standard InChI is InChI=1S/C23H28N4O2S/c1-23(2)13-17-18(15-29-23)30-20-19(17)21(28)25(3)22(24-20)27-11-9-26(10-12-27)14-16-7-5-4-6-8-16/h4-8H,9-15H2,1-3H3. The van der Waals surface area contributed by atoms with E-state index < -0.39 is 0 Å². The Bertz CT molecular complexity index is 1130. The molecule has 158 valence electrons. The number of fused-ring (bicyclic) bond motifs is 3. The molecule has 1 saturated heterocycles. The van der Waals surface area contributed by atoms with Gasteiger partial charge in [0.1, 0.15) is 4.83 Å². The second-order valence-corrected chi connectivity index (χ2v) is 10.0. The summed E-state index contributed by atoms with van der Waals surface area (Å²) in [5.41, 5.74) is 2.31. The summed E-state index contributed by atoms with van der Waals surface area (Å²) in [6.07, 6.45) is 0.761. The molecule has 3 aromatic rings. The van der Waals surface area contributed by atoms with Crippen LogP contribution in [0, 0.1) is 0 Å². The first-order chi connectivity index (χ1) is 14.4. The number of piperazine rings is 1. The van der Waals surface area contributed by atoms with E-state index in [4.69, 9.17) is 9.72 Å². The molecule has 1 aromatic carbocycles. The SMILES string of the molecule is Cn1c(N2CCN(Cc3ccccc3)CC2)nc2sc3c(c2c1=O)CC(C)(C)OC3. The molecule has 1 fully saturated rings. The minimum atomic E-state index is -0.236. The Balaban J connectivity index is 1.39. The third kappa shape index (κ3) is 3.55. The van der Waals surface area contributed by atoms with Crippen molar-refractivity contribution >= 4 is 27.5 Å². The highest BCUT2D eigenvalue weighted by Gasteiger charge is 2.31. The lowest BCUT2D eigenvalue weighted by Crippen LogP contribution is -2.47. The number of anilines is 1. The molecular weight excluding hydrogens is 396 g/mol. The van der Waals surface area contributed by atoms with Gasteiger partial charge < -0.3 is 9.64 Å². The molecule has 0 aliphatic carbocycles. The quantitative estimate of drug-likeness (QED) is 0.646. The maximum absolute atomic E-state index is 13.3. The van der Waals surface area contributed by atoms with Crippen LogP contribution in [-0.4, -0.2) is 46.2 Å². The first-order valence-corrected chi connectivity index (χ1v) is 11.4. The number of hydrogen-bond donors (Lipinski definition) is 0. The van der Waals surface area contributed by atoms with Gasteiger partial charge in [-0.15, -0.1) is 11.3 Å². The zero-order valence-corrected chi connectivity index (χ0v) is 18.7. The van der Waals surface area contributed by atoms with Gasteiger partial charge in [0.25, 0.3) is 5.56 Å². The molecule has 5 rings (SSSR count). The number of hydrogen-bond acceptors (Lipinski definition) is 6. The summed E-state index contributed by atoms with van der Waals surface area (Å²) in [5.74, 6) is 0.783. The molecule has 2 aromatic heterocycles. The van der Waals surface area contributed by atoms with Crippen LogP contribution in [0.25, 0.3) is 10.2 Å². The van der Waals surface area contributed by atoms with E-state index in [1.165, 1.54) is 5.56 Å². The summed E-state index contributed by atoms with van der Waals surface area (Å²) in [7, 11) is 1.86. The third-order valence-electron chi connectivity index (χ3n) is 6.19. The van der Waals surface area contributed by atoms with Crippen LogP contribution in [-0.2, 0) is 31.4 Å². The first-order valence-electron chi connectivity index (χ1n) is 10.6. The lowest BCUT2D eigenvalue weighted by molar-refractivity contribution is -0.0379. The molecule has 6 nitrogen and oxygen atoms in total. The topological polar surface area (TPSA) is 50.6 Å². The molecule has 0 radical (unpaired) electrons. The third-order valence-corrected chi connectivity index (χ3v) is 7.29. The van der Waals surface area contributed by atoms with Crippen molar-refractivity contribution in [3.8, 4) is 0 Å². The maximum atomic E-state index is 13.3. The van der Waals surface area contributed by atoms with Crippen LogP contribution in [0.5, 0.6) is 0 Å². The zero-order valence-electron chi connectivity index (χ0n) is 17.9. The van der Waals surface area contributed by atoms with Gasteiger partial charge in [0.15, 0.2) is 0 Å². The van der Waals surface area contributed by atoms with Crippen LogP contribution < -0.4 is 10.5 Å². The van der Waals surface area contributed by atoms with E-state index in [9.17, 15) is 4.79 Å². The van der Waals surface area contributed by atoms with Crippen molar-refractivity contribution in [2.75, 3.05) is 31.1 Å². The number of aromatic nitrogens is 2. The van der Waals surface area contributed by atoms with Gasteiger partial charge in [-0.25, -0.2) is 4.98 Å². The average molecular weight is 425 g/mol. The molecule has 0 bridgehead atoms. The van der Waals surface area contributed by atoms with Crippen molar-refractivity contribution in [1.29, 1.82) is 0 Å². The Morgan fingerprint density at radius 2 is 1.87 bits per heavy atom. The highest BCUT2D eigenvalue weighted by Crippen LogP contribution is 2.37. The Morgan fingerprint density at radius 1 is 1.13 bits per heavy atom. The van der Waals surface area contributed by atoms with Gasteiger partial charge in [0.05, 0.1) is 17.6 Å². The predicted molar refractivity (Wildman–Crippen MR) is 121 cm³/mol. The fourth-order valence-electron chi connectivity index (χ4n) is 4.49. The molecule has 30 heavy (non-hydrogen) atoms. The van der Waals surface area contributed by atoms with Crippen molar-refractivity contribution in [1.82, 2.24) is 14.5 Å². The Hall–Kier alpha value is -2.22. The summed E-state index contributed by atoms with van der Waals surface area (Å²) in [6.45, 7) is 9.38. The molecule has 0 unspecified atom stereocenters. The van der Waals surface area contributed by atoms with E-state index in [-0.39, 0.29) is 11.2 Å². The molecular formula is C23H28N4O2S. The maximum Gasteiger partial charge on any atom is 0.263 e. The number of ether oxygens (including phenoxy) is 1. The number of rotatable bonds is 3. The number of benzene rings is 1. The molecule has 0 N–H and O–H groups in total. The second kappa shape index (κ2) is 7.48. The molecule has 0 amide bonds. The van der Waals surface area contributed by atoms with Crippen LogP contribution in [0.4, 0.5) is 5.95 Å². The lowest BCUT2D eigenvalue weighted by Gasteiger charge is -2.35. The van der Waals surface area contributed by atoms with Crippen LogP contribution in [0.1, 0.15) is 29.9 Å². The van der Waals surface area contributed by atoms with Gasteiger partial charge in [-0.05, 0) is 25.0 Å². The van der Waals surface area contributed by atoms with E-state index in [1.807, 2.05) is 7.05 Å². The Kier molecular flexibility index (Phi) is 4.92. The summed E-state index contributed by atoms with van der Waals surface area (Å²) in [6, 6.07) is 10.6. The van der Waals surface area contributed by atoms with Crippen LogP contribution in [0.2, 0.25) is 0 Å². The van der Waals surface area contributed by atoms with Gasteiger partial charge in [0.2, 0.25) is 5.95 Å². The predicted octanol–water partition coefficient (Wildman–Crippen LogP) is 3.17. The molecule has 4 heterocycles. The minimum Gasteiger partial charge on any atom is -0.370 e. The number of nitrogens with zero attached hydrogens (tertiary/aromatic N) is 4. The van der Waals surface area contributed by atoms with Crippen molar-refractivity contribution in [3.63, 3.8) is 0 Å². The molecule has 0 saturated carbocycles. The van der Waals surface area contributed by atoms with Crippen molar-refractivity contribution < 1.29 is 4.74 Å². The van der Waals surface area contributed by atoms with Crippen molar-refractivity contribution in [2.45, 2.75) is 39.0 Å². The zero-order chi connectivity index (χ0) is 20.9. The smallest absolute Gasteiger partial charge is 0.263 e. The van der Waals surface area contributed by atoms with E-state index in [1.54, 1.807) is 15.9 Å². The summed E-state index contributed by atoms with van der Waals surface area (Å²) < 4.78 is 7.70. The molecule has 2 aliphatic heterocycles. The second-order valence-electron chi connectivity index (χ2n) is 8.93. The van der Waals surface area contributed by atoms with Crippen molar-refractivity contribution in [3.05, 3.63) is 56.7 Å². The highest BCUT2D eigenvalue weighted by atomic mass is 32.1. The lowest BCUT2D eigenvalue weighted by atomic mass is 9.94. The van der Waals surface area contributed by atoms with Gasteiger partial charge in [-0.3, -0.25) is 14.3 Å². The summed E-state index contributed by atoms with van der Waals surface area (Å²) >= 11 is 1.62. The molecule has 2 aliphatic rings. The number of thiophene rings is 1. The van der Waals surface area contributed by atoms with Crippen LogP contribution in [0.3, 0.4) is 0 Å². The van der Waals surface area contributed by atoms with E-state index >= 15 is 0 Å². The molecule has 7 heteroatoms. The largest absolute Gasteiger partial charge is 0.370 e. The monoisotopic (exact) mass is 424 g/mol. The van der Waals surface area contributed by atoms with E-state index in [2.05, 4.69) is 54.0 Å². The Morgan fingerprint density at radius 3 is 2.60 bits per heavy atom. The molecule has 0 atom stereocenters. The fraction of sp³-hybridized carbons (Fsp3) is 0.478. The Labute approximate surface area is 180 Å². The van der Waals surface area contributed by atoms with E-state index in [0.29, 0.717) is 6.61 Å². The molecule has 0 spiro atoms. The van der Waals surface area contributed by atoms with Crippen LogP contribution in [0.15, 0.2) is 35.1 Å². The summed E-state index contributed by atoms with van der Waals surface area (Å²) in [4.78, 5) is 25.0. The highest BCUT2D eigenvalue weighted by molar-refractivity contribution is 7.18. The van der Waals surface area contributed by atoms with Gasteiger partial charge >= 0.3 is 0 Å². The first kappa shape index (κ1) is 19.7. The minimum absolute atomic E-state index is 0.0666. The van der Waals surface area contributed by atoms with Crippen LogP contribution >= 0.6 is 11.3 Å². The van der Waals surface area contributed by atoms with Crippen molar-refractivity contribution in [2.24, 2.45) is 7.05 Å². The van der Waals surface area contributed by atoms with E-state index in [0.717, 1.165) is 65.8 Å². The van der Waals surface area contributed by atoms with Gasteiger partial charge in [-0.2, -0.15) is 0 Å². The van der Waals surface area contributed by atoms with Gasteiger partial charge in [-0.1, -0.05) is 30.3 Å². The summed E-state index contributed by atoms with van der Waals surface area (Å²) in [5, 5.41) is 0.792. The average Bonchev–Trinajstić information content (AvgIpc) is 3.09. The van der Waals surface area contributed by atoms with Gasteiger partial charge in [0, 0.05) is 51.1 Å². The fourth-order valence-corrected chi connectivity index (χ4v) is 5.58.